The van der Waals surface area contributed by atoms with Gasteiger partial charge in [0.05, 0.1) is 26.3 Å². The van der Waals surface area contributed by atoms with Gasteiger partial charge in [0.2, 0.25) is 5.91 Å². The van der Waals surface area contributed by atoms with E-state index in [1.54, 1.807) is 14.2 Å². The zero-order valence-corrected chi connectivity index (χ0v) is 21.6. The van der Waals surface area contributed by atoms with Gasteiger partial charge in [0.15, 0.2) is 11.5 Å². The Morgan fingerprint density at radius 3 is 2.31 bits per heavy atom. The quantitative estimate of drug-likeness (QED) is 0.298. The van der Waals surface area contributed by atoms with E-state index < -0.39 is 0 Å². The van der Waals surface area contributed by atoms with Crippen molar-refractivity contribution < 1.29 is 14.3 Å². The number of hydrogen-bond acceptors (Lipinski definition) is 6. The van der Waals surface area contributed by atoms with Gasteiger partial charge in [-0.2, -0.15) is 0 Å². The molecule has 0 bridgehead atoms. The maximum atomic E-state index is 12.7. The van der Waals surface area contributed by atoms with Gasteiger partial charge < -0.3 is 30.7 Å². The number of ether oxygens (including phenoxy) is 2. The molecular weight excluding hydrogens is 540 g/mol. The van der Waals surface area contributed by atoms with E-state index in [0.717, 1.165) is 71.3 Å². The lowest BCUT2D eigenvalue weighted by Crippen LogP contribution is -2.35. The Morgan fingerprint density at radius 2 is 1.66 bits per heavy atom. The van der Waals surface area contributed by atoms with Crippen LogP contribution in [-0.4, -0.2) is 57.8 Å². The van der Waals surface area contributed by atoms with Crippen molar-refractivity contribution >= 4 is 49.1 Å². The molecule has 3 rings (SSSR count). The van der Waals surface area contributed by atoms with E-state index in [1.165, 1.54) is 0 Å². The minimum Gasteiger partial charge on any atom is -0.493 e. The smallest absolute Gasteiger partial charge is 0.227 e. The zero-order chi connectivity index (χ0) is 23.1. The average molecular weight is 570 g/mol. The van der Waals surface area contributed by atoms with Gasteiger partial charge in [-0.1, -0.05) is 0 Å². The number of carbonyl (C=O) groups excluding carboxylic acids is 1. The molecule has 0 aromatic heterocycles. The zero-order valence-electron chi connectivity index (χ0n) is 18.5. The normalized spacial score (nSPS) is 13.5. The summed E-state index contributed by atoms with van der Waals surface area (Å²) in [5.41, 5.74) is 9.80. The number of hydrogen-bond donors (Lipinski definition) is 3. The predicted octanol–water partition coefficient (Wildman–Crippen LogP) is 3.83. The van der Waals surface area contributed by atoms with E-state index in [4.69, 9.17) is 15.2 Å². The minimum absolute atomic E-state index is 0.164. The molecule has 0 saturated carbocycles. The summed E-state index contributed by atoms with van der Waals surface area (Å²) < 4.78 is 12.5. The SMILES string of the molecule is COc1cc2c(cc1OC)CC(=O)N(CCCNCCNc1cc(Br)c(N)c(Br)c1)CC2. The fraction of sp³-hybridized carbons (Fsp3) is 0.435. The third kappa shape index (κ3) is 6.30. The number of amides is 1. The van der Waals surface area contributed by atoms with Gasteiger partial charge in [-0.05, 0) is 86.6 Å². The van der Waals surface area contributed by atoms with E-state index >= 15 is 0 Å². The third-order valence-electron chi connectivity index (χ3n) is 5.54. The molecule has 7 nitrogen and oxygen atoms in total. The molecule has 1 amide bonds. The largest absolute Gasteiger partial charge is 0.493 e. The van der Waals surface area contributed by atoms with Gasteiger partial charge in [0.1, 0.15) is 0 Å². The molecule has 0 unspecified atom stereocenters. The maximum Gasteiger partial charge on any atom is 0.227 e. The Morgan fingerprint density at radius 1 is 1.00 bits per heavy atom. The number of benzene rings is 2. The van der Waals surface area contributed by atoms with E-state index in [9.17, 15) is 4.79 Å². The monoisotopic (exact) mass is 568 g/mol. The second kappa shape index (κ2) is 11.8. The summed E-state index contributed by atoms with van der Waals surface area (Å²) in [7, 11) is 3.25. The highest BCUT2D eigenvalue weighted by Gasteiger charge is 2.22. The molecule has 2 aromatic carbocycles. The van der Waals surface area contributed by atoms with Crippen molar-refractivity contribution in [2.24, 2.45) is 0 Å². The predicted molar refractivity (Wildman–Crippen MR) is 136 cm³/mol. The van der Waals surface area contributed by atoms with Crippen molar-refractivity contribution in [2.75, 3.05) is 58.0 Å². The highest BCUT2D eigenvalue weighted by molar-refractivity contribution is 9.11. The molecule has 4 N–H and O–H groups in total. The number of nitrogens with one attached hydrogen (secondary N) is 2. The van der Waals surface area contributed by atoms with Crippen molar-refractivity contribution in [3.05, 3.63) is 44.3 Å². The fourth-order valence-electron chi connectivity index (χ4n) is 3.75. The molecule has 1 aliphatic heterocycles. The molecule has 1 aliphatic rings. The van der Waals surface area contributed by atoms with E-state index in [2.05, 4.69) is 42.5 Å². The topological polar surface area (TPSA) is 88.9 Å². The van der Waals surface area contributed by atoms with Gasteiger partial charge in [-0.3, -0.25) is 4.79 Å². The van der Waals surface area contributed by atoms with Crippen LogP contribution in [0, 0.1) is 0 Å². The molecule has 9 heteroatoms. The van der Waals surface area contributed by atoms with Crippen LogP contribution in [0.1, 0.15) is 17.5 Å². The molecular formula is C23H30Br2N4O3. The number of nitrogen functional groups attached to an aromatic ring is 1. The van der Waals surface area contributed by atoms with Crippen LogP contribution in [0.3, 0.4) is 0 Å². The summed E-state index contributed by atoms with van der Waals surface area (Å²) in [6, 6.07) is 7.86. The molecule has 0 fully saturated rings. The summed E-state index contributed by atoms with van der Waals surface area (Å²) in [6.45, 7) is 3.96. The first kappa shape index (κ1) is 24.7. The maximum absolute atomic E-state index is 12.7. The molecule has 32 heavy (non-hydrogen) atoms. The van der Waals surface area contributed by atoms with Crippen molar-refractivity contribution in [3.63, 3.8) is 0 Å². The standard InChI is InChI=1S/C23H30Br2N4O3/c1-31-20-10-15-4-9-29(22(30)12-16(15)11-21(20)32-2)8-3-5-27-6-7-28-17-13-18(24)23(26)19(25)14-17/h10-11,13-14,27-28H,3-9,12,26H2,1-2H3. The first-order chi connectivity index (χ1) is 15.4. The highest BCUT2D eigenvalue weighted by Crippen LogP contribution is 2.33. The second-order valence-electron chi connectivity index (χ2n) is 7.67. The molecule has 0 aliphatic carbocycles. The Kier molecular flexibility index (Phi) is 9.07. The summed E-state index contributed by atoms with van der Waals surface area (Å²) in [6.07, 6.45) is 2.14. The van der Waals surface area contributed by atoms with Gasteiger partial charge in [0.25, 0.3) is 0 Å². The number of methoxy groups -OCH3 is 2. The number of nitrogens with two attached hydrogens (primary N) is 1. The number of rotatable bonds is 10. The van der Waals surface area contributed by atoms with Crippen LogP contribution in [0.5, 0.6) is 11.5 Å². The first-order valence-electron chi connectivity index (χ1n) is 10.6. The fourth-order valence-corrected chi connectivity index (χ4v) is 4.94. The molecule has 0 saturated heterocycles. The Labute approximate surface area is 206 Å². The lowest BCUT2D eigenvalue weighted by molar-refractivity contribution is -0.130. The molecule has 0 spiro atoms. The highest BCUT2D eigenvalue weighted by atomic mass is 79.9. The minimum atomic E-state index is 0.164. The lowest BCUT2D eigenvalue weighted by atomic mass is 10.0. The second-order valence-corrected chi connectivity index (χ2v) is 9.38. The Hall–Kier alpha value is -1.97. The van der Waals surface area contributed by atoms with Gasteiger partial charge in [0, 0.05) is 40.8 Å². The van der Waals surface area contributed by atoms with Crippen LogP contribution in [0.4, 0.5) is 11.4 Å². The van der Waals surface area contributed by atoms with Crippen molar-refractivity contribution in [2.45, 2.75) is 19.3 Å². The lowest BCUT2D eigenvalue weighted by Gasteiger charge is -2.20. The number of halogens is 2. The van der Waals surface area contributed by atoms with E-state index in [1.807, 2.05) is 29.2 Å². The Balaban J connectivity index is 1.39. The molecule has 2 aromatic rings. The molecule has 0 atom stereocenters. The van der Waals surface area contributed by atoms with Crippen molar-refractivity contribution in [1.82, 2.24) is 10.2 Å². The molecule has 0 radical (unpaired) electrons. The number of nitrogens with zero attached hydrogens (tertiary/aromatic N) is 1. The van der Waals surface area contributed by atoms with Crippen LogP contribution < -0.4 is 25.8 Å². The average Bonchev–Trinajstić information content (AvgIpc) is 2.93. The van der Waals surface area contributed by atoms with Crippen LogP contribution >= 0.6 is 31.9 Å². The van der Waals surface area contributed by atoms with Crippen molar-refractivity contribution in [3.8, 4) is 11.5 Å². The Bertz CT molecular complexity index is 932. The summed E-state index contributed by atoms with van der Waals surface area (Å²) in [5, 5.41) is 6.81. The van der Waals surface area contributed by atoms with E-state index in [-0.39, 0.29) is 5.91 Å². The molecule has 174 valence electrons. The summed E-state index contributed by atoms with van der Waals surface area (Å²) in [5.74, 6) is 1.55. The summed E-state index contributed by atoms with van der Waals surface area (Å²) in [4.78, 5) is 14.7. The van der Waals surface area contributed by atoms with Crippen LogP contribution in [0.2, 0.25) is 0 Å². The van der Waals surface area contributed by atoms with Gasteiger partial charge >= 0.3 is 0 Å². The summed E-state index contributed by atoms with van der Waals surface area (Å²) >= 11 is 6.91. The number of fused-ring (bicyclic) bond motifs is 1. The first-order valence-corrected chi connectivity index (χ1v) is 12.2. The van der Waals surface area contributed by atoms with Gasteiger partial charge in [-0.25, -0.2) is 0 Å². The third-order valence-corrected chi connectivity index (χ3v) is 6.85. The molecule has 1 heterocycles. The van der Waals surface area contributed by atoms with Crippen LogP contribution in [0.15, 0.2) is 33.2 Å². The van der Waals surface area contributed by atoms with Crippen LogP contribution in [-0.2, 0) is 17.6 Å². The van der Waals surface area contributed by atoms with Crippen LogP contribution in [0.25, 0.3) is 0 Å². The van der Waals surface area contributed by atoms with Gasteiger partial charge in [-0.15, -0.1) is 0 Å². The number of anilines is 2. The van der Waals surface area contributed by atoms with E-state index in [0.29, 0.717) is 23.6 Å². The van der Waals surface area contributed by atoms with Crippen molar-refractivity contribution in [1.29, 1.82) is 0 Å². The number of carbonyl (C=O) groups is 1.